The number of alkyl halides is 3. The summed E-state index contributed by atoms with van der Waals surface area (Å²) in [5.41, 5.74) is -0.158. The molecule has 0 N–H and O–H groups in total. The summed E-state index contributed by atoms with van der Waals surface area (Å²) < 4.78 is 103. The summed E-state index contributed by atoms with van der Waals surface area (Å²) >= 11 is 0. The topological polar surface area (TPSA) is 18.5 Å². The second-order valence-electron chi connectivity index (χ2n) is 9.86. The van der Waals surface area contributed by atoms with Crippen LogP contribution in [-0.4, -0.2) is 6.36 Å². The third kappa shape index (κ3) is 6.09. The fourth-order valence-corrected chi connectivity index (χ4v) is 5.82. The van der Waals surface area contributed by atoms with Crippen LogP contribution >= 0.6 is 0 Å². The van der Waals surface area contributed by atoms with E-state index in [0.717, 1.165) is 24.8 Å². The maximum Gasteiger partial charge on any atom is 0.573 e. The number of ether oxygens (including phenoxy) is 2. The lowest BCUT2D eigenvalue weighted by molar-refractivity contribution is -0.276. The SMILES string of the molecule is CC[C@H]1CC[C@H](C2CCC(c3c(F)c[c]c(Oc4cc(F)c(OC(F)(F)F)c(F)c4)c3F)CC2)CC1. The largest absolute Gasteiger partial charge is 0.573 e. The van der Waals surface area contributed by atoms with Gasteiger partial charge in [0, 0.05) is 23.8 Å². The van der Waals surface area contributed by atoms with Gasteiger partial charge in [-0.05, 0) is 68.3 Å². The quantitative estimate of drug-likeness (QED) is 0.356. The van der Waals surface area contributed by atoms with E-state index in [0.29, 0.717) is 36.8 Å². The molecule has 1 radical (unpaired) electrons. The van der Waals surface area contributed by atoms with Crippen LogP contribution in [0.5, 0.6) is 17.2 Å². The van der Waals surface area contributed by atoms with Crippen LogP contribution < -0.4 is 9.47 Å². The molecule has 2 aliphatic carbocycles. The van der Waals surface area contributed by atoms with Crippen molar-refractivity contribution < 1.29 is 40.2 Å². The molecule has 2 saturated carbocycles. The Kier molecular flexibility index (Phi) is 8.05. The molecule has 197 valence electrons. The summed E-state index contributed by atoms with van der Waals surface area (Å²) in [6, 6.07) is 4.03. The molecular formula is C27H28F7O2. The third-order valence-corrected chi connectivity index (χ3v) is 7.75. The average Bonchev–Trinajstić information content (AvgIpc) is 2.83. The molecule has 0 saturated heterocycles. The Morgan fingerprint density at radius 2 is 1.39 bits per heavy atom. The lowest BCUT2D eigenvalue weighted by Crippen LogP contribution is -2.25. The fourth-order valence-electron chi connectivity index (χ4n) is 5.82. The Morgan fingerprint density at radius 3 is 1.92 bits per heavy atom. The van der Waals surface area contributed by atoms with Gasteiger partial charge < -0.3 is 9.47 Å². The predicted octanol–water partition coefficient (Wildman–Crippen LogP) is 9.22. The van der Waals surface area contributed by atoms with E-state index in [1.165, 1.54) is 32.1 Å². The molecular weight excluding hydrogens is 489 g/mol. The number of hydrogen-bond donors (Lipinski definition) is 0. The van der Waals surface area contributed by atoms with Gasteiger partial charge in [0.15, 0.2) is 23.2 Å². The second-order valence-corrected chi connectivity index (χ2v) is 9.86. The van der Waals surface area contributed by atoms with Crippen molar-refractivity contribution >= 4 is 0 Å². The van der Waals surface area contributed by atoms with Crippen molar-refractivity contribution in [3.05, 3.63) is 53.1 Å². The molecule has 0 atom stereocenters. The Morgan fingerprint density at radius 1 is 0.833 bits per heavy atom. The molecule has 0 aliphatic heterocycles. The van der Waals surface area contributed by atoms with Gasteiger partial charge >= 0.3 is 6.36 Å². The van der Waals surface area contributed by atoms with Gasteiger partial charge in [-0.15, -0.1) is 13.2 Å². The molecule has 0 amide bonds. The molecule has 2 nitrogen and oxygen atoms in total. The lowest BCUT2D eigenvalue weighted by Gasteiger charge is -2.38. The highest BCUT2D eigenvalue weighted by Crippen LogP contribution is 2.46. The number of benzene rings is 2. The van der Waals surface area contributed by atoms with E-state index in [-0.39, 0.29) is 11.5 Å². The maximum absolute atomic E-state index is 15.3. The molecule has 2 aromatic rings. The first-order chi connectivity index (χ1) is 17.1. The third-order valence-electron chi connectivity index (χ3n) is 7.75. The highest BCUT2D eigenvalue weighted by molar-refractivity contribution is 5.40. The average molecular weight is 518 g/mol. The fraction of sp³-hybridized carbons (Fsp3) is 0.556. The Bertz CT molecular complexity index is 1030. The normalized spacial score (nSPS) is 25.0. The molecule has 2 aromatic carbocycles. The molecule has 0 bridgehead atoms. The first-order valence-corrected chi connectivity index (χ1v) is 12.4. The van der Waals surface area contributed by atoms with Crippen molar-refractivity contribution in [1.29, 1.82) is 0 Å². The van der Waals surface area contributed by atoms with E-state index in [2.05, 4.69) is 17.7 Å². The first-order valence-electron chi connectivity index (χ1n) is 12.4. The minimum Gasteiger partial charge on any atom is -0.453 e. The minimum atomic E-state index is -5.30. The van der Waals surface area contributed by atoms with Crippen LogP contribution in [0.15, 0.2) is 18.2 Å². The molecule has 2 aliphatic rings. The van der Waals surface area contributed by atoms with Crippen molar-refractivity contribution in [3.63, 3.8) is 0 Å². The van der Waals surface area contributed by atoms with Crippen molar-refractivity contribution in [2.75, 3.05) is 0 Å². The first kappa shape index (κ1) is 26.6. The summed E-state index contributed by atoms with van der Waals surface area (Å²) in [5.74, 6) is -6.41. The summed E-state index contributed by atoms with van der Waals surface area (Å²) in [7, 11) is 0. The summed E-state index contributed by atoms with van der Waals surface area (Å²) in [6.45, 7) is 2.22. The summed E-state index contributed by atoms with van der Waals surface area (Å²) in [4.78, 5) is 0. The Hall–Kier alpha value is -2.45. The monoisotopic (exact) mass is 517 g/mol. The van der Waals surface area contributed by atoms with Crippen LogP contribution in [0.25, 0.3) is 0 Å². The number of rotatable bonds is 6. The molecule has 2 fully saturated rings. The minimum absolute atomic E-state index is 0.158. The van der Waals surface area contributed by atoms with Crippen LogP contribution in [-0.2, 0) is 0 Å². The number of hydrogen-bond acceptors (Lipinski definition) is 2. The predicted molar refractivity (Wildman–Crippen MR) is 119 cm³/mol. The van der Waals surface area contributed by atoms with Crippen LogP contribution in [0.3, 0.4) is 0 Å². The molecule has 0 spiro atoms. The Balaban J connectivity index is 1.46. The molecule has 36 heavy (non-hydrogen) atoms. The van der Waals surface area contributed by atoms with Gasteiger partial charge in [-0.2, -0.15) is 0 Å². The van der Waals surface area contributed by atoms with Gasteiger partial charge in [-0.3, -0.25) is 0 Å². The zero-order valence-electron chi connectivity index (χ0n) is 19.9. The van der Waals surface area contributed by atoms with Crippen LogP contribution in [0.1, 0.15) is 76.2 Å². The second kappa shape index (κ2) is 10.9. The van der Waals surface area contributed by atoms with E-state index in [1.807, 2.05) is 0 Å². The van der Waals surface area contributed by atoms with E-state index in [4.69, 9.17) is 4.74 Å². The van der Waals surface area contributed by atoms with Crippen molar-refractivity contribution in [1.82, 2.24) is 0 Å². The van der Waals surface area contributed by atoms with Crippen LogP contribution in [0.4, 0.5) is 30.7 Å². The van der Waals surface area contributed by atoms with E-state index >= 15 is 4.39 Å². The van der Waals surface area contributed by atoms with Gasteiger partial charge in [0.25, 0.3) is 0 Å². The van der Waals surface area contributed by atoms with E-state index in [1.54, 1.807) is 0 Å². The van der Waals surface area contributed by atoms with Crippen molar-refractivity contribution in [2.24, 2.45) is 17.8 Å². The maximum atomic E-state index is 15.3. The van der Waals surface area contributed by atoms with Crippen LogP contribution in [0.2, 0.25) is 0 Å². The number of halogens is 7. The van der Waals surface area contributed by atoms with Gasteiger partial charge in [0.05, 0.1) is 0 Å². The van der Waals surface area contributed by atoms with Gasteiger partial charge in [0.2, 0.25) is 5.75 Å². The molecule has 0 aromatic heterocycles. The summed E-state index contributed by atoms with van der Waals surface area (Å²) in [5, 5.41) is 0. The smallest absolute Gasteiger partial charge is 0.453 e. The van der Waals surface area contributed by atoms with Crippen LogP contribution in [0, 0.1) is 47.1 Å². The molecule has 4 rings (SSSR count). The zero-order valence-corrected chi connectivity index (χ0v) is 19.9. The lowest BCUT2D eigenvalue weighted by atomic mass is 9.68. The Labute approximate surface area is 205 Å². The zero-order chi connectivity index (χ0) is 26.0. The van der Waals surface area contributed by atoms with E-state index < -0.39 is 46.9 Å². The standard InChI is InChI=1S/C27H28F7O2/c1-2-15-3-5-16(6-4-15)17-7-9-18(10-8-17)24-20(28)11-12-23(25(24)31)35-19-13-21(29)26(22(30)14-19)36-27(32,33)34/h11,13-18H,2-10H2,1H3/t15-,16-,17?,18?. The van der Waals surface area contributed by atoms with E-state index in [9.17, 15) is 26.3 Å². The molecule has 0 unspecified atom stereocenters. The van der Waals surface area contributed by atoms with Gasteiger partial charge in [0.1, 0.15) is 11.6 Å². The molecule has 9 heteroatoms. The molecule has 0 heterocycles. The van der Waals surface area contributed by atoms with Crippen molar-refractivity contribution in [3.8, 4) is 17.2 Å². The van der Waals surface area contributed by atoms with Gasteiger partial charge in [-0.1, -0.05) is 26.2 Å². The van der Waals surface area contributed by atoms with Gasteiger partial charge in [-0.25, -0.2) is 17.6 Å². The highest BCUT2D eigenvalue weighted by atomic mass is 19.4. The van der Waals surface area contributed by atoms with Crippen molar-refractivity contribution in [2.45, 2.75) is 77.0 Å². The highest BCUT2D eigenvalue weighted by Gasteiger charge is 2.35. The summed E-state index contributed by atoms with van der Waals surface area (Å²) in [6.07, 6.45) is 3.76.